The second-order valence-electron chi connectivity index (χ2n) is 14.0. The van der Waals surface area contributed by atoms with E-state index in [1.165, 1.54) is 108 Å². The zero-order chi connectivity index (χ0) is 34.9. The lowest BCUT2D eigenvalue weighted by Gasteiger charge is -2.18. The van der Waals surface area contributed by atoms with Crippen molar-refractivity contribution in [3.05, 3.63) is 194 Å². The Bertz CT molecular complexity index is 3150. The van der Waals surface area contributed by atoms with Crippen LogP contribution in [0.5, 0.6) is 0 Å². The third kappa shape index (κ3) is 4.75. The molecule has 0 aliphatic carbocycles. The van der Waals surface area contributed by atoms with Crippen LogP contribution in [0.2, 0.25) is 0 Å². The first-order chi connectivity index (χ1) is 26.3. The molecule has 11 aromatic rings. The van der Waals surface area contributed by atoms with E-state index in [9.17, 15) is 0 Å². The van der Waals surface area contributed by atoms with Crippen molar-refractivity contribution in [2.75, 3.05) is 0 Å². The summed E-state index contributed by atoms with van der Waals surface area (Å²) in [5.41, 5.74) is 10.1. The van der Waals surface area contributed by atoms with E-state index in [0.717, 1.165) is 0 Å². The van der Waals surface area contributed by atoms with E-state index in [1.807, 2.05) is 11.3 Å². The van der Waals surface area contributed by atoms with Crippen molar-refractivity contribution >= 4 is 74.6 Å². The first kappa shape index (κ1) is 30.1. The molecule has 0 amide bonds. The third-order valence-electron chi connectivity index (χ3n) is 11.1. The monoisotopic (exact) mass is 688 g/mol. The van der Waals surface area contributed by atoms with Crippen LogP contribution in [0, 0.1) is 0 Å². The molecule has 0 N–H and O–H groups in total. The number of rotatable bonds is 4. The fourth-order valence-corrected chi connectivity index (χ4v) is 9.91. The average Bonchev–Trinajstić information content (AvgIpc) is 3.59. The molecule has 0 atom stereocenters. The van der Waals surface area contributed by atoms with E-state index in [4.69, 9.17) is 0 Å². The summed E-state index contributed by atoms with van der Waals surface area (Å²) in [6.07, 6.45) is 0. The maximum Gasteiger partial charge on any atom is 0.0434 e. The van der Waals surface area contributed by atoms with Gasteiger partial charge in [-0.25, -0.2) is 0 Å². The number of thiophene rings is 1. The Kier molecular flexibility index (Phi) is 6.83. The summed E-state index contributed by atoms with van der Waals surface area (Å²) in [5, 5.41) is 12.9. The molecule has 0 nitrogen and oxygen atoms in total. The lowest BCUT2D eigenvalue weighted by atomic mass is 9.85. The molecule has 1 aromatic heterocycles. The first-order valence-electron chi connectivity index (χ1n) is 18.3. The molecular weight excluding hydrogens is 657 g/mol. The average molecular weight is 689 g/mol. The molecule has 246 valence electrons. The third-order valence-corrected chi connectivity index (χ3v) is 12.3. The normalized spacial score (nSPS) is 11.8. The Hall–Kier alpha value is -6.54. The SMILES string of the molecule is c1ccc(-c2cccc3ccccc23)c(-c2ccc(-c3c4ccccc4c(-c4cccc5c4sc4cc6ccccc6cc45)c4ccccc34)cc2)c1. The summed E-state index contributed by atoms with van der Waals surface area (Å²) in [6, 6.07) is 71.6. The van der Waals surface area contributed by atoms with E-state index < -0.39 is 0 Å². The largest absolute Gasteiger partial charge is 0.135 e. The molecule has 0 bridgehead atoms. The molecular formula is C52H32S. The Morgan fingerprint density at radius 3 is 1.45 bits per heavy atom. The Labute approximate surface area is 311 Å². The molecule has 0 spiro atoms. The van der Waals surface area contributed by atoms with Gasteiger partial charge in [0, 0.05) is 25.7 Å². The summed E-state index contributed by atoms with van der Waals surface area (Å²) in [5.74, 6) is 0. The van der Waals surface area contributed by atoms with Gasteiger partial charge >= 0.3 is 0 Å². The molecule has 1 heterocycles. The number of hydrogen-bond donors (Lipinski definition) is 0. The highest BCUT2D eigenvalue weighted by atomic mass is 32.1. The molecule has 0 aliphatic heterocycles. The number of fused-ring (bicyclic) bond motifs is 7. The zero-order valence-electron chi connectivity index (χ0n) is 28.9. The van der Waals surface area contributed by atoms with Gasteiger partial charge in [-0.1, -0.05) is 182 Å². The topological polar surface area (TPSA) is 0 Å². The Balaban J connectivity index is 1.10. The van der Waals surface area contributed by atoms with E-state index in [1.54, 1.807) is 0 Å². The highest BCUT2D eigenvalue weighted by molar-refractivity contribution is 7.26. The predicted octanol–water partition coefficient (Wildman–Crippen LogP) is 15.3. The van der Waals surface area contributed by atoms with Crippen LogP contribution in [-0.4, -0.2) is 0 Å². The number of hydrogen-bond acceptors (Lipinski definition) is 1. The quantitative estimate of drug-likeness (QED) is 0.162. The van der Waals surface area contributed by atoms with Crippen LogP contribution in [0.3, 0.4) is 0 Å². The summed E-state index contributed by atoms with van der Waals surface area (Å²) >= 11 is 1.92. The smallest absolute Gasteiger partial charge is 0.0434 e. The lowest BCUT2D eigenvalue weighted by Crippen LogP contribution is -1.91. The van der Waals surface area contributed by atoms with Gasteiger partial charge in [-0.05, 0) is 94.2 Å². The van der Waals surface area contributed by atoms with Crippen LogP contribution < -0.4 is 0 Å². The highest BCUT2D eigenvalue weighted by Crippen LogP contribution is 2.48. The summed E-state index contributed by atoms with van der Waals surface area (Å²) < 4.78 is 2.67. The zero-order valence-corrected chi connectivity index (χ0v) is 29.7. The van der Waals surface area contributed by atoms with Crippen molar-refractivity contribution < 1.29 is 0 Å². The van der Waals surface area contributed by atoms with Gasteiger partial charge in [0.15, 0.2) is 0 Å². The minimum absolute atomic E-state index is 1.21. The van der Waals surface area contributed by atoms with Crippen molar-refractivity contribution in [3.63, 3.8) is 0 Å². The van der Waals surface area contributed by atoms with Crippen LogP contribution in [0.25, 0.3) is 108 Å². The summed E-state index contributed by atoms with van der Waals surface area (Å²) in [4.78, 5) is 0. The van der Waals surface area contributed by atoms with Gasteiger partial charge in [0.2, 0.25) is 0 Å². The van der Waals surface area contributed by atoms with Crippen molar-refractivity contribution in [2.24, 2.45) is 0 Å². The molecule has 0 radical (unpaired) electrons. The molecule has 0 unspecified atom stereocenters. The fourth-order valence-electron chi connectivity index (χ4n) is 8.66. The summed E-state index contributed by atoms with van der Waals surface area (Å²) in [7, 11) is 0. The van der Waals surface area contributed by atoms with E-state index in [2.05, 4.69) is 194 Å². The maximum absolute atomic E-state index is 2.37. The van der Waals surface area contributed by atoms with Crippen LogP contribution in [0.4, 0.5) is 0 Å². The van der Waals surface area contributed by atoms with Gasteiger partial charge in [-0.15, -0.1) is 11.3 Å². The van der Waals surface area contributed by atoms with Crippen LogP contribution in [-0.2, 0) is 0 Å². The van der Waals surface area contributed by atoms with Crippen molar-refractivity contribution in [1.29, 1.82) is 0 Å². The molecule has 0 saturated carbocycles. The Morgan fingerprint density at radius 1 is 0.264 bits per heavy atom. The molecule has 1 heteroatoms. The predicted molar refractivity (Wildman–Crippen MR) is 231 cm³/mol. The Morgan fingerprint density at radius 2 is 0.736 bits per heavy atom. The van der Waals surface area contributed by atoms with Gasteiger partial charge in [0.1, 0.15) is 0 Å². The molecule has 11 rings (SSSR count). The molecule has 0 aliphatic rings. The molecule has 0 fully saturated rings. The van der Waals surface area contributed by atoms with Gasteiger partial charge < -0.3 is 0 Å². The van der Waals surface area contributed by atoms with Crippen molar-refractivity contribution in [1.82, 2.24) is 0 Å². The van der Waals surface area contributed by atoms with E-state index in [0.29, 0.717) is 0 Å². The molecule has 10 aromatic carbocycles. The van der Waals surface area contributed by atoms with Crippen LogP contribution >= 0.6 is 11.3 Å². The highest BCUT2D eigenvalue weighted by Gasteiger charge is 2.20. The number of benzene rings is 10. The van der Waals surface area contributed by atoms with Crippen LogP contribution in [0.15, 0.2) is 194 Å². The lowest BCUT2D eigenvalue weighted by molar-refractivity contribution is 1.59. The summed E-state index contributed by atoms with van der Waals surface area (Å²) in [6.45, 7) is 0. The minimum atomic E-state index is 1.21. The van der Waals surface area contributed by atoms with Gasteiger partial charge in [-0.3, -0.25) is 0 Å². The van der Waals surface area contributed by atoms with E-state index >= 15 is 0 Å². The molecule has 53 heavy (non-hydrogen) atoms. The first-order valence-corrected chi connectivity index (χ1v) is 19.1. The standard InChI is InChI=1S/C52H32S/c1-2-15-37-32-49-48(31-36(37)14-1)46-25-12-26-47(52(46)53-49)51-44-22-9-7-20-42(44)50(43-21-8-10-23-45(43)51)35-29-27-34(28-30-35)39-18-5-6-19-40(39)41-24-11-16-33-13-3-4-17-38(33)41/h1-32H. The minimum Gasteiger partial charge on any atom is -0.135 e. The second-order valence-corrected chi connectivity index (χ2v) is 15.0. The fraction of sp³-hybridized carbons (Fsp3) is 0. The van der Waals surface area contributed by atoms with Gasteiger partial charge in [0.25, 0.3) is 0 Å². The maximum atomic E-state index is 2.37. The van der Waals surface area contributed by atoms with Crippen LogP contribution in [0.1, 0.15) is 0 Å². The van der Waals surface area contributed by atoms with Crippen molar-refractivity contribution in [2.45, 2.75) is 0 Å². The molecule has 0 saturated heterocycles. The van der Waals surface area contributed by atoms with E-state index in [-0.39, 0.29) is 0 Å². The van der Waals surface area contributed by atoms with Gasteiger partial charge in [-0.2, -0.15) is 0 Å². The van der Waals surface area contributed by atoms with Gasteiger partial charge in [0.05, 0.1) is 0 Å². The second kappa shape index (κ2) is 12.0. The van der Waals surface area contributed by atoms with Crippen molar-refractivity contribution in [3.8, 4) is 44.5 Å².